The number of benzene rings is 1. The van der Waals surface area contributed by atoms with Gasteiger partial charge in [-0.25, -0.2) is 4.99 Å². The highest BCUT2D eigenvalue weighted by Crippen LogP contribution is 2.28. The fourth-order valence-electron chi connectivity index (χ4n) is 2.16. The first-order valence-electron chi connectivity index (χ1n) is 7.20. The Morgan fingerprint density at radius 1 is 1.12 bits per heavy atom. The minimum absolute atomic E-state index is 0.250. The number of hydrogen-bond acceptors (Lipinski definition) is 5. The maximum Gasteiger partial charge on any atom is 0.176 e. The molecule has 0 aliphatic carbocycles. The summed E-state index contributed by atoms with van der Waals surface area (Å²) in [6.45, 7) is 1.85. The van der Waals surface area contributed by atoms with E-state index in [9.17, 15) is 0 Å². The zero-order valence-corrected chi connectivity index (χ0v) is 13.7. The first-order valence-corrected chi connectivity index (χ1v) is 7.57. The van der Waals surface area contributed by atoms with E-state index in [0.29, 0.717) is 27.8 Å². The van der Waals surface area contributed by atoms with E-state index in [4.69, 9.17) is 23.1 Å². The van der Waals surface area contributed by atoms with E-state index in [1.54, 1.807) is 30.5 Å². The molecule has 0 radical (unpaired) electrons. The predicted octanol–water partition coefficient (Wildman–Crippen LogP) is 3.12. The van der Waals surface area contributed by atoms with E-state index < -0.39 is 0 Å². The van der Waals surface area contributed by atoms with Gasteiger partial charge in [0.25, 0.3) is 0 Å². The van der Waals surface area contributed by atoms with Gasteiger partial charge in [-0.15, -0.1) is 5.10 Å². The van der Waals surface area contributed by atoms with Gasteiger partial charge < -0.3 is 11.5 Å². The highest BCUT2D eigenvalue weighted by Gasteiger charge is 2.10. The van der Waals surface area contributed by atoms with Crippen molar-refractivity contribution in [1.82, 2.24) is 15.2 Å². The Morgan fingerprint density at radius 3 is 2.67 bits per heavy atom. The molecule has 0 saturated carbocycles. The van der Waals surface area contributed by atoms with Crippen LogP contribution in [0.15, 0.2) is 53.7 Å². The van der Waals surface area contributed by atoms with Gasteiger partial charge in [-0.3, -0.25) is 4.98 Å². The summed E-state index contributed by atoms with van der Waals surface area (Å²) in [7, 11) is 0. The highest BCUT2D eigenvalue weighted by atomic mass is 35.5. The molecule has 2 aromatic heterocycles. The van der Waals surface area contributed by atoms with Gasteiger partial charge >= 0.3 is 0 Å². The van der Waals surface area contributed by atoms with Crippen molar-refractivity contribution in [3.8, 4) is 11.3 Å². The van der Waals surface area contributed by atoms with Crippen LogP contribution in [-0.2, 0) is 0 Å². The Balaban J connectivity index is 2.03. The lowest BCUT2D eigenvalue weighted by Crippen LogP contribution is -2.15. The largest absolute Gasteiger partial charge is 0.398 e. The van der Waals surface area contributed by atoms with Crippen LogP contribution in [0.4, 0.5) is 11.5 Å². The fraction of sp³-hybridized carbons (Fsp3) is 0.0588. The number of nitrogen functional groups attached to an aromatic ring is 1. The number of nitrogens with two attached hydrogens (primary N) is 2. The van der Waals surface area contributed by atoms with Gasteiger partial charge in [-0.2, -0.15) is 5.10 Å². The van der Waals surface area contributed by atoms with Crippen molar-refractivity contribution in [1.29, 1.82) is 0 Å². The average Bonchev–Trinajstić information content (AvgIpc) is 2.58. The molecule has 0 aliphatic heterocycles. The minimum Gasteiger partial charge on any atom is -0.398 e. The average molecular weight is 339 g/mol. The first kappa shape index (κ1) is 15.9. The van der Waals surface area contributed by atoms with E-state index in [0.717, 1.165) is 11.3 Å². The van der Waals surface area contributed by atoms with Gasteiger partial charge in [0.15, 0.2) is 5.82 Å². The number of pyridine rings is 1. The molecule has 2 heterocycles. The van der Waals surface area contributed by atoms with E-state index in [-0.39, 0.29) is 5.84 Å². The second-order valence-corrected chi connectivity index (χ2v) is 5.57. The Kier molecular flexibility index (Phi) is 4.39. The van der Waals surface area contributed by atoms with Gasteiger partial charge in [0.05, 0.1) is 16.4 Å². The summed E-state index contributed by atoms with van der Waals surface area (Å²) in [5.41, 5.74) is 15.5. The lowest BCUT2D eigenvalue weighted by atomic mass is 10.0. The maximum atomic E-state index is 6.20. The molecule has 3 rings (SSSR count). The van der Waals surface area contributed by atoms with Crippen LogP contribution < -0.4 is 11.5 Å². The number of hydrogen-bond donors (Lipinski definition) is 2. The summed E-state index contributed by atoms with van der Waals surface area (Å²) in [4.78, 5) is 8.57. The van der Waals surface area contributed by atoms with Gasteiger partial charge in [0, 0.05) is 23.0 Å². The van der Waals surface area contributed by atoms with Crippen molar-refractivity contribution < 1.29 is 0 Å². The molecule has 120 valence electrons. The maximum absolute atomic E-state index is 6.20. The van der Waals surface area contributed by atoms with E-state index in [2.05, 4.69) is 20.2 Å². The van der Waals surface area contributed by atoms with Crippen LogP contribution in [0.5, 0.6) is 0 Å². The molecular formula is C17H15ClN6. The van der Waals surface area contributed by atoms with Crippen LogP contribution >= 0.6 is 11.6 Å². The Morgan fingerprint density at radius 2 is 1.96 bits per heavy atom. The van der Waals surface area contributed by atoms with Crippen molar-refractivity contribution >= 4 is 28.9 Å². The molecule has 3 aromatic rings. The molecule has 0 aliphatic rings. The van der Waals surface area contributed by atoms with Crippen molar-refractivity contribution in [2.75, 3.05) is 5.73 Å². The molecule has 0 bridgehead atoms. The lowest BCUT2D eigenvalue weighted by Gasteiger charge is -2.09. The highest BCUT2D eigenvalue weighted by molar-refractivity contribution is 6.33. The van der Waals surface area contributed by atoms with Crippen molar-refractivity contribution in [2.24, 2.45) is 10.7 Å². The minimum atomic E-state index is 0.250. The van der Waals surface area contributed by atoms with Crippen LogP contribution in [0.3, 0.4) is 0 Å². The first-order chi connectivity index (χ1) is 11.5. The second-order valence-electron chi connectivity index (χ2n) is 5.17. The topological polar surface area (TPSA) is 103 Å². The third-order valence-electron chi connectivity index (χ3n) is 3.38. The van der Waals surface area contributed by atoms with Gasteiger partial charge in [0.1, 0.15) is 5.84 Å². The SMILES string of the molecule is Cc1ccc(N=C(N)c2cc(-c3ncccc3Cl)ccc2N)nn1. The third-order valence-corrected chi connectivity index (χ3v) is 3.68. The van der Waals surface area contributed by atoms with Crippen molar-refractivity contribution in [3.63, 3.8) is 0 Å². The molecule has 0 unspecified atom stereocenters. The number of halogens is 1. The van der Waals surface area contributed by atoms with Crippen molar-refractivity contribution in [3.05, 3.63) is 64.9 Å². The van der Waals surface area contributed by atoms with Crippen LogP contribution in [0, 0.1) is 6.92 Å². The molecule has 0 saturated heterocycles. The smallest absolute Gasteiger partial charge is 0.176 e. The van der Waals surface area contributed by atoms with Gasteiger partial charge in [-0.1, -0.05) is 17.7 Å². The van der Waals surface area contributed by atoms with E-state index in [1.807, 2.05) is 25.1 Å². The summed E-state index contributed by atoms with van der Waals surface area (Å²) in [5.74, 6) is 0.665. The summed E-state index contributed by atoms with van der Waals surface area (Å²) in [6.07, 6.45) is 1.68. The van der Waals surface area contributed by atoms with Crippen LogP contribution in [0.25, 0.3) is 11.3 Å². The number of aromatic nitrogens is 3. The van der Waals surface area contributed by atoms with Crippen LogP contribution in [-0.4, -0.2) is 21.0 Å². The summed E-state index contributed by atoms with van der Waals surface area (Å²) in [6, 6.07) is 12.5. The number of aryl methyl sites for hydroxylation is 1. The standard InChI is InChI=1S/C17H15ClN6/c1-10-4-7-15(24-23-10)22-17(20)12-9-11(5-6-14(12)19)16-13(18)3-2-8-21-16/h2-9H,19H2,1H3,(H2,20,22,24). The summed E-state index contributed by atoms with van der Waals surface area (Å²) in [5, 5.41) is 8.48. The molecule has 1 aromatic carbocycles. The molecule has 6 nitrogen and oxygen atoms in total. The number of aliphatic imine (C=N–C) groups is 1. The quantitative estimate of drug-likeness (QED) is 0.434. The fourth-order valence-corrected chi connectivity index (χ4v) is 2.39. The van der Waals surface area contributed by atoms with E-state index in [1.165, 1.54) is 0 Å². The van der Waals surface area contributed by atoms with E-state index >= 15 is 0 Å². The third kappa shape index (κ3) is 3.33. The predicted molar refractivity (Wildman–Crippen MR) is 96.2 cm³/mol. The zero-order valence-electron chi connectivity index (χ0n) is 12.9. The Bertz CT molecular complexity index is 905. The summed E-state index contributed by atoms with van der Waals surface area (Å²) < 4.78 is 0. The van der Waals surface area contributed by atoms with Crippen LogP contribution in [0.1, 0.15) is 11.3 Å². The Labute approximate surface area is 144 Å². The summed E-state index contributed by atoms with van der Waals surface area (Å²) >= 11 is 6.20. The van der Waals surface area contributed by atoms with Gasteiger partial charge in [0.2, 0.25) is 0 Å². The molecule has 7 heteroatoms. The molecular weight excluding hydrogens is 324 g/mol. The van der Waals surface area contributed by atoms with Crippen molar-refractivity contribution in [2.45, 2.75) is 6.92 Å². The molecule has 0 fully saturated rings. The molecule has 4 N–H and O–H groups in total. The molecule has 24 heavy (non-hydrogen) atoms. The zero-order chi connectivity index (χ0) is 17.1. The lowest BCUT2D eigenvalue weighted by molar-refractivity contribution is 0.976. The number of anilines is 1. The van der Waals surface area contributed by atoms with Crippen LogP contribution in [0.2, 0.25) is 5.02 Å². The molecule has 0 spiro atoms. The monoisotopic (exact) mass is 338 g/mol. The number of nitrogens with zero attached hydrogens (tertiary/aromatic N) is 4. The normalized spacial score (nSPS) is 11.5. The number of amidine groups is 1. The molecule has 0 atom stereocenters. The Hall–Kier alpha value is -2.99. The number of rotatable bonds is 3. The second kappa shape index (κ2) is 6.64. The van der Waals surface area contributed by atoms with Gasteiger partial charge in [-0.05, 0) is 43.3 Å². The molecule has 0 amide bonds.